The Labute approximate surface area is 186 Å². The Morgan fingerprint density at radius 3 is 2.44 bits per heavy atom. The van der Waals surface area contributed by atoms with E-state index >= 15 is 0 Å². The zero-order valence-electron chi connectivity index (χ0n) is 15.4. The summed E-state index contributed by atoms with van der Waals surface area (Å²) in [7, 11) is 0. The van der Waals surface area contributed by atoms with Gasteiger partial charge in [-0.05, 0) is 18.2 Å². The third-order valence-electron chi connectivity index (χ3n) is 3.75. The SMILES string of the molecule is O=C(Nc1ccc[n+](O)c1)c1c(Oc2ccc(OC(F)(F)F)c(F)c2)cc(Cl)c(Cl)c1F. The Bertz CT molecular complexity index is 1190. The third-order valence-corrected chi connectivity index (χ3v) is 4.52. The minimum atomic E-state index is -5.12. The van der Waals surface area contributed by atoms with Gasteiger partial charge in [-0.15, -0.1) is 13.2 Å². The van der Waals surface area contributed by atoms with Crippen LogP contribution in [0.5, 0.6) is 17.2 Å². The van der Waals surface area contributed by atoms with Crippen LogP contribution in [0.25, 0.3) is 0 Å². The molecular weight excluding hydrogens is 486 g/mol. The van der Waals surface area contributed by atoms with Gasteiger partial charge in [0.05, 0.1) is 10.0 Å². The quantitative estimate of drug-likeness (QED) is 0.205. The number of carbonyl (C=O) groups is 1. The Morgan fingerprint density at radius 1 is 1.09 bits per heavy atom. The Kier molecular flexibility index (Phi) is 6.60. The fourth-order valence-electron chi connectivity index (χ4n) is 2.48. The normalized spacial score (nSPS) is 11.2. The van der Waals surface area contributed by atoms with Gasteiger partial charge in [0.15, 0.2) is 17.4 Å². The van der Waals surface area contributed by atoms with Crippen LogP contribution in [-0.4, -0.2) is 17.5 Å². The summed E-state index contributed by atoms with van der Waals surface area (Å²) < 4.78 is 75.0. The second-order valence-corrected chi connectivity index (χ2v) is 6.81. The number of ether oxygens (including phenoxy) is 2. The highest BCUT2D eigenvalue weighted by molar-refractivity contribution is 6.42. The summed E-state index contributed by atoms with van der Waals surface area (Å²) >= 11 is 11.6. The van der Waals surface area contributed by atoms with E-state index in [9.17, 15) is 32.0 Å². The maximum absolute atomic E-state index is 14.8. The zero-order valence-corrected chi connectivity index (χ0v) is 16.9. The van der Waals surface area contributed by atoms with Gasteiger partial charge in [-0.3, -0.25) is 10.0 Å². The summed E-state index contributed by atoms with van der Waals surface area (Å²) in [5.41, 5.74) is -0.667. The number of hydrogen-bond donors (Lipinski definition) is 2. The van der Waals surface area contributed by atoms with Crippen molar-refractivity contribution in [2.45, 2.75) is 6.36 Å². The number of rotatable bonds is 5. The summed E-state index contributed by atoms with van der Waals surface area (Å²) in [4.78, 5) is 12.7. The first-order valence-corrected chi connectivity index (χ1v) is 9.13. The molecule has 0 aliphatic rings. The number of anilines is 1. The van der Waals surface area contributed by atoms with E-state index in [1.165, 1.54) is 18.3 Å². The van der Waals surface area contributed by atoms with Gasteiger partial charge in [-0.2, -0.15) is 0 Å². The first kappa shape index (κ1) is 23.4. The van der Waals surface area contributed by atoms with Crippen molar-refractivity contribution < 1.29 is 46.2 Å². The Hall–Kier alpha value is -3.31. The largest absolute Gasteiger partial charge is 0.573 e. The van der Waals surface area contributed by atoms with Crippen molar-refractivity contribution in [3.63, 3.8) is 0 Å². The van der Waals surface area contributed by atoms with E-state index in [2.05, 4.69) is 10.1 Å². The minimum Gasteiger partial charge on any atom is -0.456 e. The van der Waals surface area contributed by atoms with Crippen LogP contribution in [-0.2, 0) is 0 Å². The topological polar surface area (TPSA) is 71.7 Å². The Morgan fingerprint density at radius 2 is 1.81 bits per heavy atom. The molecule has 0 atom stereocenters. The number of aromatic nitrogens is 1. The molecule has 32 heavy (non-hydrogen) atoms. The van der Waals surface area contributed by atoms with E-state index in [1.54, 1.807) is 0 Å². The molecular formula is C19H10Cl2F5N2O4+. The molecule has 168 valence electrons. The predicted octanol–water partition coefficient (Wildman–Crippen LogP) is 5.74. The first-order chi connectivity index (χ1) is 14.9. The van der Waals surface area contributed by atoms with Crippen molar-refractivity contribution in [3.8, 4) is 17.2 Å². The van der Waals surface area contributed by atoms with Crippen molar-refractivity contribution in [2.24, 2.45) is 0 Å². The summed E-state index contributed by atoms with van der Waals surface area (Å²) in [5.74, 6) is -5.78. The van der Waals surface area contributed by atoms with E-state index in [4.69, 9.17) is 27.9 Å². The molecule has 0 unspecified atom stereocenters. The van der Waals surface area contributed by atoms with Crippen molar-refractivity contribution >= 4 is 34.8 Å². The standard InChI is InChI=1S/C19H9Cl2F5N2O4/c20-11-7-14(31-10-3-4-13(12(22)6-10)32-19(24,25)26)15(17(23)16(11)21)18(29)27-9-2-1-5-28(30)8-9/h1-8H,(H-,27,29,30)/p+1. The molecule has 1 aromatic heterocycles. The fourth-order valence-corrected chi connectivity index (χ4v) is 2.81. The lowest BCUT2D eigenvalue weighted by Crippen LogP contribution is -2.29. The second kappa shape index (κ2) is 9.05. The number of alkyl halides is 3. The molecule has 0 fully saturated rings. The maximum Gasteiger partial charge on any atom is 0.573 e. The van der Waals surface area contributed by atoms with Crippen molar-refractivity contribution in [3.05, 3.63) is 76.0 Å². The van der Waals surface area contributed by atoms with Gasteiger partial charge in [0, 0.05) is 22.9 Å². The molecule has 2 aromatic carbocycles. The number of pyridine rings is 1. The van der Waals surface area contributed by atoms with Crippen molar-refractivity contribution in [1.29, 1.82) is 0 Å². The molecule has 0 saturated carbocycles. The van der Waals surface area contributed by atoms with Crippen LogP contribution in [0.1, 0.15) is 10.4 Å². The number of nitrogens with one attached hydrogen (secondary N) is 1. The van der Waals surface area contributed by atoms with Gasteiger partial charge < -0.3 is 14.8 Å². The molecule has 1 heterocycles. The summed E-state index contributed by atoms with van der Waals surface area (Å²) in [6.07, 6.45) is -2.77. The predicted molar refractivity (Wildman–Crippen MR) is 101 cm³/mol. The molecule has 0 aliphatic carbocycles. The van der Waals surface area contributed by atoms with Crippen LogP contribution in [0, 0.1) is 11.6 Å². The molecule has 0 saturated heterocycles. The highest BCUT2D eigenvalue weighted by Gasteiger charge is 2.32. The highest BCUT2D eigenvalue weighted by atomic mass is 35.5. The van der Waals surface area contributed by atoms with Gasteiger partial charge in [-0.1, -0.05) is 23.2 Å². The lowest BCUT2D eigenvalue weighted by Gasteiger charge is -2.15. The molecule has 2 N–H and O–H groups in total. The van der Waals surface area contributed by atoms with E-state index in [1.807, 2.05) is 0 Å². The van der Waals surface area contributed by atoms with Crippen molar-refractivity contribution in [2.75, 3.05) is 5.32 Å². The number of halogens is 7. The molecule has 13 heteroatoms. The van der Waals surface area contributed by atoms with Crippen LogP contribution in [0.15, 0.2) is 48.8 Å². The molecule has 0 spiro atoms. The average Bonchev–Trinajstić information content (AvgIpc) is 2.67. The highest BCUT2D eigenvalue weighted by Crippen LogP contribution is 2.38. The monoisotopic (exact) mass is 495 g/mol. The molecule has 0 radical (unpaired) electrons. The van der Waals surface area contributed by atoms with Crippen LogP contribution in [0.3, 0.4) is 0 Å². The molecule has 6 nitrogen and oxygen atoms in total. The summed E-state index contributed by atoms with van der Waals surface area (Å²) in [6, 6.07) is 5.81. The third kappa shape index (κ3) is 5.48. The van der Waals surface area contributed by atoms with Gasteiger partial charge >= 0.3 is 6.36 Å². The lowest BCUT2D eigenvalue weighted by molar-refractivity contribution is -0.904. The van der Waals surface area contributed by atoms with Crippen LogP contribution in [0.2, 0.25) is 10.0 Å². The zero-order chi connectivity index (χ0) is 23.6. The van der Waals surface area contributed by atoms with E-state index < -0.39 is 51.7 Å². The van der Waals surface area contributed by atoms with E-state index in [0.717, 1.165) is 18.3 Å². The number of nitrogens with zero attached hydrogens (tertiary/aromatic N) is 1. The number of benzene rings is 2. The van der Waals surface area contributed by atoms with E-state index in [-0.39, 0.29) is 10.7 Å². The second-order valence-electron chi connectivity index (χ2n) is 6.03. The van der Waals surface area contributed by atoms with Gasteiger partial charge in [0.1, 0.15) is 22.7 Å². The molecule has 0 bridgehead atoms. The number of hydrogen-bond acceptors (Lipinski definition) is 4. The number of amides is 1. The van der Waals surface area contributed by atoms with Crippen LogP contribution >= 0.6 is 23.2 Å². The van der Waals surface area contributed by atoms with Crippen LogP contribution in [0.4, 0.5) is 27.6 Å². The fraction of sp³-hybridized carbons (Fsp3) is 0.0526. The molecule has 1 amide bonds. The molecule has 0 aliphatic heterocycles. The van der Waals surface area contributed by atoms with Gasteiger partial charge in [0.25, 0.3) is 5.91 Å². The number of carbonyl (C=O) groups excluding carboxylic acids is 1. The van der Waals surface area contributed by atoms with Crippen molar-refractivity contribution in [1.82, 2.24) is 0 Å². The first-order valence-electron chi connectivity index (χ1n) is 8.37. The minimum absolute atomic E-state index is 0.0659. The molecule has 3 rings (SSSR count). The summed E-state index contributed by atoms with van der Waals surface area (Å²) in [6.45, 7) is 0. The van der Waals surface area contributed by atoms with Gasteiger partial charge in [0.2, 0.25) is 12.4 Å². The smallest absolute Gasteiger partial charge is 0.456 e. The van der Waals surface area contributed by atoms with E-state index in [0.29, 0.717) is 16.9 Å². The van der Waals surface area contributed by atoms with Gasteiger partial charge in [-0.25, -0.2) is 8.78 Å². The average molecular weight is 496 g/mol. The van der Waals surface area contributed by atoms with Crippen LogP contribution < -0.4 is 19.5 Å². The summed E-state index contributed by atoms with van der Waals surface area (Å²) in [5, 5.41) is 10.8. The lowest BCUT2D eigenvalue weighted by atomic mass is 10.1. The Balaban J connectivity index is 1.96. The maximum atomic E-state index is 14.8. The molecule has 3 aromatic rings.